The molecule has 0 aromatic rings. The van der Waals surface area contributed by atoms with Gasteiger partial charge in [0, 0.05) is 30.1 Å². The number of carbonyl (C=O) groups is 3. The Hall–Kier alpha value is -2.19. The lowest BCUT2D eigenvalue weighted by Crippen LogP contribution is -2.65. The summed E-state index contributed by atoms with van der Waals surface area (Å²) >= 11 is 0. The Bertz CT molecular complexity index is 1700. The standard InChI is InChI=1S/C42H64O16/c1-18-27(47)29(49)31(51)35(55-18)58-32-30(50)28(48)23(17-43)57-36(32)56-22-14-20-19(38(4,5)34(22)52)10-11-24-39(6)15-21(44)33(40(39,7)16-26(46)41(20,24)8)42(9,54)25(45)12-13-37(2,3)53/h10,14,18,20-21,23-24,27-33,35-36,43-44,47-51,53-54H,11-13,15-17H2,1-9H3/t18-,20+,21+,23-,24-,27-,28-,29+,30+,31+,32-,33-,35-,36-,39-,40+,41-,42-/m0/s1. The molecule has 58 heavy (non-hydrogen) atoms. The monoisotopic (exact) mass is 824 g/mol. The molecule has 9 N–H and O–H groups in total. The third-order valence-electron chi connectivity index (χ3n) is 15.3. The van der Waals surface area contributed by atoms with Crippen molar-refractivity contribution < 1.29 is 79.3 Å². The van der Waals surface area contributed by atoms with Gasteiger partial charge in [0.05, 0.1) is 29.8 Å². The SMILES string of the molecule is C[C@@H]1O[C@@H](O[C@@H]2[C@@H](OC3=C[C@@H]4C(=CC[C@@H]5[C@@]4(C)C(=O)C[C@]4(C)[C@@H]([C@@](C)(O)C(=O)CCC(C)(C)O)[C@H](O)C[C@@]54C)C(C)(C)C3=O)O[C@@H](CO)[C@H](O)[C@H]2O)[C@H](O)[C@H](O)[C@H]1O. The van der Waals surface area contributed by atoms with Crippen LogP contribution in [0.15, 0.2) is 23.5 Å². The second-order valence-electron chi connectivity index (χ2n) is 19.9. The molecule has 2 aliphatic heterocycles. The number of aliphatic hydroxyl groups is 9. The molecule has 18 atom stereocenters. The third kappa shape index (κ3) is 6.87. The Morgan fingerprint density at radius 2 is 1.52 bits per heavy atom. The van der Waals surface area contributed by atoms with Crippen LogP contribution in [0.3, 0.4) is 0 Å². The van der Waals surface area contributed by atoms with Crippen LogP contribution >= 0.6 is 0 Å². The molecular weight excluding hydrogens is 760 g/mol. The molecular formula is C42H64O16. The molecule has 0 radical (unpaired) electrons. The zero-order chi connectivity index (χ0) is 43.5. The van der Waals surface area contributed by atoms with E-state index in [2.05, 4.69) is 0 Å². The van der Waals surface area contributed by atoms with Crippen LogP contribution in [-0.2, 0) is 33.3 Å². The number of ketones is 3. The highest BCUT2D eigenvalue weighted by Crippen LogP contribution is 2.74. The molecule has 2 heterocycles. The van der Waals surface area contributed by atoms with E-state index in [1.807, 2.05) is 26.8 Å². The van der Waals surface area contributed by atoms with Gasteiger partial charge in [-0.2, -0.15) is 0 Å². The van der Waals surface area contributed by atoms with E-state index in [0.717, 1.165) is 0 Å². The number of ether oxygens (including phenoxy) is 4. The Morgan fingerprint density at radius 1 is 0.879 bits per heavy atom. The van der Waals surface area contributed by atoms with Gasteiger partial charge in [0.1, 0.15) is 48.0 Å². The van der Waals surface area contributed by atoms with Crippen LogP contribution in [-0.4, -0.2) is 149 Å². The van der Waals surface area contributed by atoms with Gasteiger partial charge in [0.25, 0.3) is 0 Å². The predicted octanol–water partition coefficient (Wildman–Crippen LogP) is -0.0463. The smallest absolute Gasteiger partial charge is 0.229 e. The second kappa shape index (κ2) is 15.0. The number of Topliss-reactive ketones (excluding diaryl/α,β-unsaturated/α-hetero) is 3. The minimum Gasteiger partial charge on any atom is -0.459 e. The lowest BCUT2D eigenvalue weighted by atomic mass is 9.39. The van der Waals surface area contributed by atoms with Gasteiger partial charge in [-0.1, -0.05) is 32.4 Å². The summed E-state index contributed by atoms with van der Waals surface area (Å²) in [5.41, 5.74) is -6.77. The first kappa shape index (κ1) is 45.3. The van der Waals surface area contributed by atoms with Crippen LogP contribution in [0.2, 0.25) is 0 Å². The maximum Gasteiger partial charge on any atom is 0.229 e. The summed E-state index contributed by atoms with van der Waals surface area (Å²) in [6.45, 7) is 14.3. The van der Waals surface area contributed by atoms with Crippen molar-refractivity contribution in [3.8, 4) is 0 Å². The summed E-state index contributed by atoms with van der Waals surface area (Å²) in [5.74, 6) is -3.67. The minimum absolute atomic E-state index is 0.0953. The number of fused-ring (bicyclic) bond motifs is 5. The van der Waals surface area contributed by atoms with Gasteiger partial charge in [0.2, 0.25) is 12.1 Å². The van der Waals surface area contributed by atoms with E-state index in [0.29, 0.717) is 12.0 Å². The summed E-state index contributed by atoms with van der Waals surface area (Å²) < 4.78 is 23.6. The first-order valence-electron chi connectivity index (χ1n) is 20.4. The highest BCUT2D eigenvalue weighted by Gasteiger charge is 2.74. The van der Waals surface area contributed by atoms with Crippen LogP contribution in [0.25, 0.3) is 0 Å². The first-order chi connectivity index (χ1) is 26.6. The van der Waals surface area contributed by atoms with E-state index < -0.39 is 136 Å². The molecule has 0 spiro atoms. The maximum atomic E-state index is 15.0. The molecule has 0 aromatic carbocycles. The van der Waals surface area contributed by atoms with Gasteiger partial charge in [-0.05, 0) is 83.6 Å². The van der Waals surface area contributed by atoms with Crippen LogP contribution in [0, 0.1) is 39.4 Å². The number of hydrogen-bond donors (Lipinski definition) is 9. The summed E-state index contributed by atoms with van der Waals surface area (Å²) in [4.78, 5) is 42.9. The summed E-state index contributed by atoms with van der Waals surface area (Å²) in [6, 6.07) is 0. The van der Waals surface area contributed by atoms with E-state index >= 15 is 0 Å². The van der Waals surface area contributed by atoms with E-state index in [4.69, 9.17) is 18.9 Å². The van der Waals surface area contributed by atoms with Crippen LogP contribution in [0.1, 0.15) is 94.4 Å². The Kier molecular flexibility index (Phi) is 11.7. The molecule has 0 amide bonds. The number of rotatable bonds is 10. The molecule has 0 unspecified atom stereocenters. The van der Waals surface area contributed by atoms with Crippen LogP contribution < -0.4 is 0 Å². The number of carbonyl (C=O) groups excluding carboxylic acids is 3. The molecule has 328 valence electrons. The van der Waals surface area contributed by atoms with Crippen molar-refractivity contribution in [2.45, 2.75) is 173 Å². The molecule has 2 saturated carbocycles. The highest BCUT2D eigenvalue weighted by atomic mass is 16.8. The number of aliphatic hydroxyl groups excluding tert-OH is 7. The minimum atomic E-state index is -2.02. The lowest BCUT2D eigenvalue weighted by Gasteiger charge is -2.63. The summed E-state index contributed by atoms with van der Waals surface area (Å²) in [7, 11) is 0. The van der Waals surface area contributed by atoms with Gasteiger partial charge < -0.3 is 64.9 Å². The zero-order valence-corrected chi connectivity index (χ0v) is 34.9. The van der Waals surface area contributed by atoms with Crippen LogP contribution in [0.4, 0.5) is 0 Å². The Balaban J connectivity index is 1.36. The van der Waals surface area contributed by atoms with E-state index in [9.17, 15) is 60.3 Å². The van der Waals surface area contributed by atoms with Gasteiger partial charge in [0.15, 0.2) is 23.9 Å². The van der Waals surface area contributed by atoms with Crippen molar-refractivity contribution in [1.29, 1.82) is 0 Å². The lowest BCUT2D eigenvalue weighted by molar-refractivity contribution is -0.360. The molecule has 4 aliphatic carbocycles. The Labute approximate surface area is 338 Å². The molecule has 2 saturated heterocycles. The Morgan fingerprint density at radius 3 is 2.12 bits per heavy atom. The first-order valence-corrected chi connectivity index (χ1v) is 20.4. The average molecular weight is 825 g/mol. The predicted molar refractivity (Wildman–Crippen MR) is 202 cm³/mol. The number of allylic oxidation sites excluding steroid dienone is 4. The topological polar surface area (TPSA) is 270 Å². The van der Waals surface area contributed by atoms with Crippen molar-refractivity contribution in [3.05, 3.63) is 23.5 Å². The molecule has 0 bridgehead atoms. The fourth-order valence-corrected chi connectivity index (χ4v) is 11.6. The molecule has 6 aliphatic rings. The van der Waals surface area contributed by atoms with Crippen LogP contribution in [0.5, 0.6) is 0 Å². The van der Waals surface area contributed by atoms with Gasteiger partial charge >= 0.3 is 0 Å². The summed E-state index contributed by atoms with van der Waals surface area (Å²) in [5, 5.41) is 97.4. The van der Waals surface area contributed by atoms with Gasteiger partial charge in [-0.25, -0.2) is 0 Å². The third-order valence-corrected chi connectivity index (χ3v) is 15.3. The fourth-order valence-electron chi connectivity index (χ4n) is 11.6. The maximum absolute atomic E-state index is 15.0. The van der Waals surface area contributed by atoms with E-state index in [1.54, 1.807) is 27.7 Å². The van der Waals surface area contributed by atoms with E-state index in [1.165, 1.54) is 19.9 Å². The van der Waals surface area contributed by atoms with Crippen molar-refractivity contribution >= 4 is 17.3 Å². The molecule has 0 aromatic heterocycles. The fraction of sp³-hybridized carbons (Fsp3) is 0.833. The highest BCUT2D eigenvalue weighted by molar-refractivity contribution is 6.02. The van der Waals surface area contributed by atoms with Crippen molar-refractivity contribution in [2.24, 2.45) is 39.4 Å². The van der Waals surface area contributed by atoms with Crippen molar-refractivity contribution in [3.63, 3.8) is 0 Å². The number of hydrogen-bond acceptors (Lipinski definition) is 16. The zero-order valence-electron chi connectivity index (χ0n) is 34.9. The quantitative estimate of drug-likeness (QED) is 0.131. The van der Waals surface area contributed by atoms with Crippen molar-refractivity contribution in [1.82, 2.24) is 0 Å². The van der Waals surface area contributed by atoms with Gasteiger partial charge in [-0.15, -0.1) is 0 Å². The molecule has 4 fully saturated rings. The van der Waals surface area contributed by atoms with Crippen molar-refractivity contribution in [2.75, 3.05) is 6.61 Å². The normalized spacial score (nSPS) is 47.6. The molecule has 16 nitrogen and oxygen atoms in total. The second-order valence-corrected chi connectivity index (χ2v) is 19.9. The molecule has 6 rings (SSSR count). The van der Waals surface area contributed by atoms with E-state index in [-0.39, 0.29) is 37.2 Å². The summed E-state index contributed by atoms with van der Waals surface area (Å²) in [6.07, 6.45) is -13.2. The largest absolute Gasteiger partial charge is 0.459 e. The van der Waals surface area contributed by atoms with Gasteiger partial charge in [-0.3, -0.25) is 14.4 Å². The average Bonchev–Trinajstić information content (AvgIpc) is 3.34. The molecule has 16 heteroatoms.